The van der Waals surface area contributed by atoms with Crippen molar-refractivity contribution in [3.05, 3.63) is 69.1 Å². The molecule has 0 saturated carbocycles. The zero-order valence-electron chi connectivity index (χ0n) is 9.47. The van der Waals surface area contributed by atoms with Gasteiger partial charge in [0.1, 0.15) is 0 Å². The van der Waals surface area contributed by atoms with E-state index in [1.807, 2.05) is 42.5 Å². The Balaban J connectivity index is 2.14. The van der Waals surface area contributed by atoms with E-state index < -0.39 is 0 Å². The van der Waals surface area contributed by atoms with Crippen LogP contribution in [0, 0.1) is 0 Å². The molecule has 18 heavy (non-hydrogen) atoms. The second-order valence-corrected chi connectivity index (χ2v) is 4.97. The summed E-state index contributed by atoms with van der Waals surface area (Å²) in [5.74, 6) is -0.327. The number of oxazole rings is 1. The molecule has 0 N–H and O–H groups in total. The summed E-state index contributed by atoms with van der Waals surface area (Å²) in [6.45, 7) is 0.517. The van der Waals surface area contributed by atoms with Crippen molar-refractivity contribution in [3.63, 3.8) is 0 Å². The molecule has 0 aliphatic rings. The number of hydrogen-bond donors (Lipinski definition) is 0. The van der Waals surface area contributed by atoms with Crippen molar-refractivity contribution in [1.82, 2.24) is 4.57 Å². The van der Waals surface area contributed by atoms with Crippen molar-refractivity contribution in [2.75, 3.05) is 0 Å². The van der Waals surface area contributed by atoms with Gasteiger partial charge >= 0.3 is 5.76 Å². The lowest BCUT2D eigenvalue weighted by Gasteiger charge is -2.02. The van der Waals surface area contributed by atoms with Gasteiger partial charge in [-0.25, -0.2) is 4.79 Å². The first kappa shape index (κ1) is 11.3. The quantitative estimate of drug-likeness (QED) is 0.727. The Morgan fingerprint density at radius 2 is 1.89 bits per heavy atom. The summed E-state index contributed by atoms with van der Waals surface area (Å²) in [5.41, 5.74) is 2.49. The highest BCUT2D eigenvalue weighted by Crippen LogP contribution is 2.19. The molecule has 0 aliphatic heterocycles. The molecule has 0 aliphatic carbocycles. The minimum Gasteiger partial charge on any atom is -0.408 e. The van der Waals surface area contributed by atoms with E-state index in [-0.39, 0.29) is 5.76 Å². The number of nitrogens with zero attached hydrogens (tertiary/aromatic N) is 1. The largest absolute Gasteiger partial charge is 0.420 e. The van der Waals surface area contributed by atoms with Crippen LogP contribution in [0.1, 0.15) is 5.56 Å². The minimum absolute atomic E-state index is 0.327. The van der Waals surface area contributed by atoms with Gasteiger partial charge in [0, 0.05) is 4.47 Å². The smallest absolute Gasteiger partial charge is 0.408 e. The van der Waals surface area contributed by atoms with Crippen molar-refractivity contribution in [3.8, 4) is 0 Å². The molecule has 2 aromatic carbocycles. The maximum absolute atomic E-state index is 11.8. The lowest BCUT2D eigenvalue weighted by atomic mass is 10.2. The van der Waals surface area contributed by atoms with Crippen LogP contribution >= 0.6 is 15.9 Å². The molecule has 1 heterocycles. The number of hydrogen-bond acceptors (Lipinski definition) is 2. The zero-order valence-corrected chi connectivity index (χ0v) is 11.1. The monoisotopic (exact) mass is 303 g/mol. The standard InChI is InChI=1S/C14H10BrNO2/c15-11-6-7-13-12(8-11)16(14(17)18-13)9-10-4-2-1-3-5-10/h1-8H,9H2. The van der Waals surface area contributed by atoms with Gasteiger partial charge in [0.25, 0.3) is 0 Å². The number of aromatic nitrogens is 1. The predicted molar refractivity (Wildman–Crippen MR) is 73.7 cm³/mol. The van der Waals surface area contributed by atoms with Gasteiger partial charge in [-0.2, -0.15) is 0 Å². The van der Waals surface area contributed by atoms with Crippen LogP contribution in [0.2, 0.25) is 0 Å². The van der Waals surface area contributed by atoms with Crippen molar-refractivity contribution < 1.29 is 4.42 Å². The van der Waals surface area contributed by atoms with Crippen LogP contribution in [-0.2, 0) is 6.54 Å². The molecule has 0 fully saturated rings. The Bertz CT molecular complexity index is 743. The molecule has 0 amide bonds. The average Bonchev–Trinajstić information content (AvgIpc) is 2.67. The fourth-order valence-electron chi connectivity index (χ4n) is 1.95. The van der Waals surface area contributed by atoms with E-state index in [4.69, 9.17) is 4.42 Å². The second kappa shape index (κ2) is 4.46. The lowest BCUT2D eigenvalue weighted by molar-refractivity contribution is 0.517. The summed E-state index contributed by atoms with van der Waals surface area (Å²) in [7, 11) is 0. The van der Waals surface area contributed by atoms with Gasteiger partial charge < -0.3 is 4.42 Å². The summed E-state index contributed by atoms with van der Waals surface area (Å²) in [4.78, 5) is 11.8. The third-order valence-corrected chi connectivity index (χ3v) is 3.31. The zero-order chi connectivity index (χ0) is 12.5. The Morgan fingerprint density at radius 1 is 1.11 bits per heavy atom. The van der Waals surface area contributed by atoms with Gasteiger partial charge in [-0.1, -0.05) is 46.3 Å². The van der Waals surface area contributed by atoms with Gasteiger partial charge in [-0.05, 0) is 23.8 Å². The first-order chi connectivity index (χ1) is 8.74. The fraction of sp³-hybridized carbons (Fsp3) is 0.0714. The normalized spacial score (nSPS) is 10.9. The molecule has 3 rings (SSSR count). The Morgan fingerprint density at radius 3 is 2.67 bits per heavy atom. The van der Waals surface area contributed by atoms with Crippen LogP contribution in [0.25, 0.3) is 11.1 Å². The highest BCUT2D eigenvalue weighted by atomic mass is 79.9. The molecule has 90 valence electrons. The van der Waals surface area contributed by atoms with Crippen LogP contribution in [0.15, 0.2) is 62.2 Å². The lowest BCUT2D eigenvalue weighted by Crippen LogP contribution is -2.14. The second-order valence-electron chi connectivity index (χ2n) is 4.05. The van der Waals surface area contributed by atoms with Crippen LogP contribution in [0.4, 0.5) is 0 Å². The van der Waals surface area contributed by atoms with E-state index in [2.05, 4.69) is 15.9 Å². The van der Waals surface area contributed by atoms with Crippen LogP contribution in [-0.4, -0.2) is 4.57 Å². The highest BCUT2D eigenvalue weighted by molar-refractivity contribution is 9.10. The first-order valence-corrected chi connectivity index (χ1v) is 6.36. The van der Waals surface area contributed by atoms with Crippen molar-refractivity contribution >= 4 is 27.0 Å². The molecule has 0 saturated heterocycles. The molecule has 0 bridgehead atoms. The summed E-state index contributed by atoms with van der Waals surface area (Å²) in [5, 5.41) is 0. The van der Waals surface area contributed by atoms with Crippen molar-refractivity contribution in [2.24, 2.45) is 0 Å². The van der Waals surface area contributed by atoms with Gasteiger partial charge in [-0.15, -0.1) is 0 Å². The molecule has 0 atom stereocenters. The predicted octanol–water partition coefficient (Wildman–Crippen LogP) is 3.41. The first-order valence-electron chi connectivity index (χ1n) is 5.57. The third-order valence-electron chi connectivity index (χ3n) is 2.81. The topological polar surface area (TPSA) is 35.1 Å². The number of benzene rings is 2. The Hall–Kier alpha value is -1.81. The van der Waals surface area contributed by atoms with Crippen LogP contribution < -0.4 is 5.76 Å². The van der Waals surface area contributed by atoms with Crippen LogP contribution in [0.5, 0.6) is 0 Å². The molecular formula is C14H10BrNO2. The van der Waals surface area contributed by atoms with E-state index in [1.165, 1.54) is 0 Å². The van der Waals surface area contributed by atoms with Gasteiger partial charge in [0.05, 0.1) is 12.1 Å². The number of fused-ring (bicyclic) bond motifs is 1. The Kier molecular flexibility index (Phi) is 2.80. The summed E-state index contributed by atoms with van der Waals surface area (Å²) in [6, 6.07) is 15.4. The molecule has 0 spiro atoms. The number of rotatable bonds is 2. The van der Waals surface area contributed by atoms with Crippen LogP contribution in [0.3, 0.4) is 0 Å². The molecule has 0 radical (unpaired) electrons. The van der Waals surface area contributed by atoms with Crippen molar-refractivity contribution in [1.29, 1.82) is 0 Å². The van der Waals surface area contributed by atoms with E-state index in [0.717, 1.165) is 15.6 Å². The van der Waals surface area contributed by atoms with E-state index >= 15 is 0 Å². The van der Waals surface area contributed by atoms with Gasteiger partial charge in [-0.3, -0.25) is 4.57 Å². The number of halogens is 1. The maximum Gasteiger partial charge on any atom is 0.420 e. The van der Waals surface area contributed by atoms with Gasteiger partial charge in [0.2, 0.25) is 0 Å². The molecule has 0 unspecified atom stereocenters. The van der Waals surface area contributed by atoms with Gasteiger partial charge in [0.15, 0.2) is 5.58 Å². The average molecular weight is 304 g/mol. The summed E-state index contributed by atoms with van der Waals surface area (Å²) < 4.78 is 7.78. The third kappa shape index (κ3) is 1.99. The van der Waals surface area contributed by atoms with E-state index in [0.29, 0.717) is 12.1 Å². The molecular weight excluding hydrogens is 294 g/mol. The molecule has 1 aromatic heterocycles. The van der Waals surface area contributed by atoms with E-state index in [9.17, 15) is 4.79 Å². The highest BCUT2D eigenvalue weighted by Gasteiger charge is 2.09. The van der Waals surface area contributed by atoms with E-state index in [1.54, 1.807) is 10.6 Å². The fourth-order valence-corrected chi connectivity index (χ4v) is 2.30. The molecule has 3 aromatic rings. The molecule has 4 heteroatoms. The molecule has 3 nitrogen and oxygen atoms in total. The summed E-state index contributed by atoms with van der Waals surface area (Å²) in [6.07, 6.45) is 0. The maximum atomic E-state index is 11.8. The Labute approximate surface area is 112 Å². The minimum atomic E-state index is -0.327. The summed E-state index contributed by atoms with van der Waals surface area (Å²) >= 11 is 3.40. The van der Waals surface area contributed by atoms with Crippen molar-refractivity contribution in [2.45, 2.75) is 6.54 Å². The SMILES string of the molecule is O=c1oc2ccc(Br)cc2n1Cc1ccccc1.